The zero-order valence-corrected chi connectivity index (χ0v) is 17.5. The van der Waals surface area contributed by atoms with Crippen molar-refractivity contribution in [2.24, 2.45) is 5.92 Å². The van der Waals surface area contributed by atoms with Crippen molar-refractivity contribution < 1.29 is 18.7 Å². The lowest BCUT2D eigenvalue weighted by Gasteiger charge is -2.25. The minimum Gasteiger partial charge on any atom is -0.466 e. The third kappa shape index (κ3) is 5.15. The molecule has 6 heteroatoms. The van der Waals surface area contributed by atoms with Crippen LogP contribution in [0.3, 0.4) is 0 Å². The van der Waals surface area contributed by atoms with Crippen LogP contribution >= 0.6 is 11.6 Å². The molecule has 1 saturated carbocycles. The number of ether oxygens (including phenoxy) is 1. The van der Waals surface area contributed by atoms with Gasteiger partial charge in [0.15, 0.2) is 0 Å². The van der Waals surface area contributed by atoms with E-state index in [1.165, 1.54) is 6.92 Å². The van der Waals surface area contributed by atoms with Gasteiger partial charge in [-0.3, -0.25) is 9.59 Å². The van der Waals surface area contributed by atoms with E-state index in [1.807, 2.05) is 37.3 Å². The second kappa shape index (κ2) is 9.40. The largest absolute Gasteiger partial charge is 0.466 e. The number of amides is 1. The molecule has 0 saturated heterocycles. The second-order valence-corrected chi connectivity index (χ2v) is 7.67. The maximum absolute atomic E-state index is 15.0. The van der Waals surface area contributed by atoms with Crippen LogP contribution in [0.15, 0.2) is 36.4 Å². The number of halogens is 2. The lowest BCUT2D eigenvalue weighted by atomic mass is 9.93. The van der Waals surface area contributed by atoms with Crippen molar-refractivity contribution in [1.29, 1.82) is 0 Å². The zero-order valence-electron chi connectivity index (χ0n) is 16.7. The monoisotopic (exact) mass is 417 g/mol. The molecule has 1 aliphatic carbocycles. The number of nitrogens with zero attached hydrogens (tertiary/aromatic N) is 1. The normalized spacial score (nSPS) is 13.2. The molecule has 154 valence electrons. The molecule has 0 radical (unpaired) electrons. The van der Waals surface area contributed by atoms with E-state index in [-0.39, 0.29) is 29.9 Å². The summed E-state index contributed by atoms with van der Waals surface area (Å²) in [4.78, 5) is 25.6. The molecule has 0 heterocycles. The number of rotatable bonds is 8. The van der Waals surface area contributed by atoms with Gasteiger partial charge in [-0.2, -0.15) is 0 Å². The minimum atomic E-state index is -0.525. The van der Waals surface area contributed by atoms with Crippen LogP contribution in [0.5, 0.6) is 0 Å². The topological polar surface area (TPSA) is 46.6 Å². The summed E-state index contributed by atoms with van der Waals surface area (Å²) in [6.07, 6.45) is 2.01. The van der Waals surface area contributed by atoms with E-state index in [4.69, 9.17) is 16.3 Å². The van der Waals surface area contributed by atoms with Gasteiger partial charge in [0.05, 0.1) is 11.6 Å². The van der Waals surface area contributed by atoms with E-state index in [0.29, 0.717) is 24.2 Å². The summed E-state index contributed by atoms with van der Waals surface area (Å²) >= 11 is 6.21. The molecule has 0 bridgehead atoms. The quantitative estimate of drug-likeness (QED) is 0.567. The van der Waals surface area contributed by atoms with Crippen LogP contribution in [0.2, 0.25) is 5.02 Å². The number of carbonyl (C=O) groups is 2. The SMILES string of the molecule is CCN(Cc1c(-c2ccccc2)cc(Cl)c(F)c1CCOC(C)=O)C(=O)C1CC1. The second-order valence-electron chi connectivity index (χ2n) is 7.26. The lowest BCUT2D eigenvalue weighted by Crippen LogP contribution is -2.32. The third-order valence-electron chi connectivity index (χ3n) is 5.15. The maximum Gasteiger partial charge on any atom is 0.302 e. The van der Waals surface area contributed by atoms with Crippen molar-refractivity contribution >= 4 is 23.5 Å². The predicted octanol–water partition coefficient (Wildman–Crippen LogP) is 5.01. The average molecular weight is 418 g/mol. The molecular formula is C23H25ClFNO3. The van der Waals surface area contributed by atoms with Gasteiger partial charge < -0.3 is 9.64 Å². The summed E-state index contributed by atoms with van der Waals surface area (Å²) in [6.45, 7) is 4.12. The molecule has 1 fully saturated rings. The van der Waals surface area contributed by atoms with Gasteiger partial charge in [0, 0.05) is 32.4 Å². The van der Waals surface area contributed by atoms with Crippen molar-refractivity contribution in [3.05, 3.63) is 58.4 Å². The van der Waals surface area contributed by atoms with Crippen molar-refractivity contribution in [2.45, 2.75) is 39.7 Å². The van der Waals surface area contributed by atoms with Crippen molar-refractivity contribution in [3.8, 4) is 11.1 Å². The van der Waals surface area contributed by atoms with E-state index in [9.17, 15) is 9.59 Å². The van der Waals surface area contributed by atoms with Gasteiger partial charge in [-0.05, 0) is 48.1 Å². The summed E-state index contributed by atoms with van der Waals surface area (Å²) in [6, 6.07) is 11.2. The molecule has 0 N–H and O–H groups in total. The van der Waals surface area contributed by atoms with Crippen LogP contribution in [0.25, 0.3) is 11.1 Å². The highest BCUT2D eigenvalue weighted by Crippen LogP contribution is 2.36. The van der Waals surface area contributed by atoms with Crippen LogP contribution in [-0.4, -0.2) is 29.9 Å². The first-order chi connectivity index (χ1) is 13.9. The van der Waals surface area contributed by atoms with Crippen LogP contribution in [0.1, 0.15) is 37.8 Å². The molecule has 0 aliphatic heterocycles. The Hall–Kier alpha value is -2.40. The fourth-order valence-electron chi connectivity index (χ4n) is 3.45. The van der Waals surface area contributed by atoms with Gasteiger partial charge in [0.25, 0.3) is 0 Å². The standard InChI is InChI=1S/C23H25ClFNO3/c1-3-26(23(28)17-9-10-17)14-20-18(11-12-29-15(2)27)22(25)21(24)13-19(20)16-7-5-4-6-8-16/h4-8,13,17H,3,9-12,14H2,1-2H3. The molecule has 3 rings (SSSR count). The van der Waals surface area contributed by atoms with Crippen molar-refractivity contribution in [3.63, 3.8) is 0 Å². The van der Waals surface area contributed by atoms with Gasteiger partial charge in [-0.15, -0.1) is 0 Å². The number of carbonyl (C=O) groups excluding carboxylic acids is 2. The summed E-state index contributed by atoms with van der Waals surface area (Å²) < 4.78 is 20.1. The van der Waals surface area contributed by atoms with E-state index >= 15 is 4.39 Å². The van der Waals surface area contributed by atoms with E-state index in [1.54, 1.807) is 11.0 Å². The molecule has 2 aromatic carbocycles. The van der Waals surface area contributed by atoms with E-state index in [2.05, 4.69) is 0 Å². The zero-order chi connectivity index (χ0) is 21.0. The first-order valence-corrected chi connectivity index (χ1v) is 10.3. The Balaban J connectivity index is 2.05. The van der Waals surface area contributed by atoms with Crippen LogP contribution in [0.4, 0.5) is 4.39 Å². The molecule has 0 atom stereocenters. The summed E-state index contributed by atoms with van der Waals surface area (Å²) in [5.74, 6) is -0.760. The van der Waals surface area contributed by atoms with Crippen molar-refractivity contribution in [1.82, 2.24) is 4.90 Å². The first-order valence-electron chi connectivity index (χ1n) is 9.89. The molecule has 0 unspecified atom stereocenters. The Bertz CT molecular complexity index is 897. The molecule has 29 heavy (non-hydrogen) atoms. The Kier molecular flexibility index (Phi) is 6.91. The predicted molar refractivity (Wildman–Crippen MR) is 111 cm³/mol. The Labute approximate surface area is 175 Å². The molecule has 0 spiro atoms. The summed E-state index contributed by atoms with van der Waals surface area (Å²) in [5.41, 5.74) is 2.78. The molecule has 0 aromatic heterocycles. The Morgan fingerprint density at radius 3 is 2.48 bits per heavy atom. The third-order valence-corrected chi connectivity index (χ3v) is 5.42. The van der Waals surface area contributed by atoms with E-state index < -0.39 is 11.8 Å². The fourth-order valence-corrected chi connectivity index (χ4v) is 3.68. The first kappa shape index (κ1) is 21.3. The van der Waals surface area contributed by atoms with Crippen molar-refractivity contribution in [2.75, 3.05) is 13.2 Å². The molecular weight excluding hydrogens is 393 g/mol. The molecule has 2 aromatic rings. The average Bonchev–Trinajstić information content (AvgIpc) is 3.55. The maximum atomic E-state index is 15.0. The Morgan fingerprint density at radius 1 is 1.21 bits per heavy atom. The Morgan fingerprint density at radius 2 is 1.90 bits per heavy atom. The van der Waals surface area contributed by atoms with Crippen LogP contribution in [0, 0.1) is 11.7 Å². The van der Waals surface area contributed by atoms with Gasteiger partial charge in [-0.1, -0.05) is 41.9 Å². The summed E-state index contributed by atoms with van der Waals surface area (Å²) in [5, 5.41) is 0.0157. The smallest absolute Gasteiger partial charge is 0.302 e. The summed E-state index contributed by atoms with van der Waals surface area (Å²) in [7, 11) is 0. The van der Waals surface area contributed by atoms with E-state index in [0.717, 1.165) is 24.0 Å². The van der Waals surface area contributed by atoms with Gasteiger partial charge >= 0.3 is 5.97 Å². The number of hydrogen-bond donors (Lipinski definition) is 0. The molecule has 4 nitrogen and oxygen atoms in total. The fraction of sp³-hybridized carbons (Fsp3) is 0.391. The highest BCUT2D eigenvalue weighted by Gasteiger charge is 2.33. The number of hydrogen-bond acceptors (Lipinski definition) is 3. The van der Waals surface area contributed by atoms with Crippen LogP contribution in [-0.2, 0) is 27.3 Å². The highest BCUT2D eigenvalue weighted by atomic mass is 35.5. The molecule has 1 amide bonds. The number of esters is 1. The van der Waals surface area contributed by atoms with Gasteiger partial charge in [0.1, 0.15) is 5.82 Å². The van der Waals surface area contributed by atoms with Gasteiger partial charge in [-0.25, -0.2) is 4.39 Å². The number of benzene rings is 2. The highest BCUT2D eigenvalue weighted by molar-refractivity contribution is 6.31. The molecule has 1 aliphatic rings. The minimum absolute atomic E-state index is 0.0157. The van der Waals surface area contributed by atoms with Crippen LogP contribution < -0.4 is 0 Å². The van der Waals surface area contributed by atoms with Gasteiger partial charge in [0.2, 0.25) is 5.91 Å². The lowest BCUT2D eigenvalue weighted by molar-refractivity contribution is -0.140.